The van der Waals surface area contributed by atoms with Gasteiger partial charge in [-0.2, -0.15) is 0 Å². The average Bonchev–Trinajstić information content (AvgIpc) is 3.16. The molecule has 4 nitrogen and oxygen atoms in total. The van der Waals surface area contributed by atoms with Crippen LogP contribution in [0.2, 0.25) is 0 Å². The number of carbonyl (C=O) groups excluding carboxylic acids is 2. The Bertz CT molecular complexity index is 736. The number of hydrogen-bond donors (Lipinski definition) is 1. The molecule has 2 heterocycles. The van der Waals surface area contributed by atoms with Crippen LogP contribution in [0.3, 0.4) is 0 Å². The summed E-state index contributed by atoms with van der Waals surface area (Å²) in [7, 11) is 1.91. The molecule has 2 aliphatic rings. The van der Waals surface area contributed by atoms with Crippen LogP contribution in [0.4, 0.5) is 0 Å². The highest BCUT2D eigenvalue weighted by Gasteiger charge is 2.40. The lowest BCUT2D eigenvalue weighted by atomic mass is 9.89. The largest absolute Gasteiger partial charge is 0.356 e. The summed E-state index contributed by atoms with van der Waals surface area (Å²) in [4.78, 5) is 27.1. The van der Waals surface area contributed by atoms with Crippen LogP contribution in [0, 0.1) is 11.8 Å². The molecule has 1 saturated heterocycles. The molecule has 2 aromatic rings. The second-order valence-electron chi connectivity index (χ2n) is 6.72. The van der Waals surface area contributed by atoms with E-state index in [1.54, 1.807) is 11.3 Å². The van der Waals surface area contributed by atoms with Crippen molar-refractivity contribution in [2.24, 2.45) is 11.8 Å². The van der Waals surface area contributed by atoms with E-state index in [1.165, 1.54) is 0 Å². The Morgan fingerprint density at radius 2 is 2.04 bits per heavy atom. The fourth-order valence-corrected chi connectivity index (χ4v) is 5.02. The SMILES string of the molecule is CN(C(=O)c1cc2ccccc2s1)[C@H]1C[C@H]2CNC(=O)C[C@H]2C1. The summed E-state index contributed by atoms with van der Waals surface area (Å²) in [5, 5.41) is 4.08. The van der Waals surface area contributed by atoms with Crippen LogP contribution in [0.25, 0.3) is 10.1 Å². The minimum atomic E-state index is 0.106. The molecule has 1 N–H and O–H groups in total. The normalized spacial score (nSPS) is 26.8. The van der Waals surface area contributed by atoms with Gasteiger partial charge in [0.2, 0.25) is 5.91 Å². The van der Waals surface area contributed by atoms with Crippen LogP contribution < -0.4 is 5.32 Å². The first kappa shape index (κ1) is 14.7. The molecule has 3 atom stereocenters. The molecule has 23 heavy (non-hydrogen) atoms. The van der Waals surface area contributed by atoms with Crippen molar-refractivity contribution in [2.75, 3.05) is 13.6 Å². The molecule has 1 aromatic carbocycles. The zero-order valence-electron chi connectivity index (χ0n) is 13.1. The molecule has 1 aliphatic carbocycles. The van der Waals surface area contributed by atoms with Crippen molar-refractivity contribution in [1.82, 2.24) is 10.2 Å². The second kappa shape index (κ2) is 5.64. The molecular formula is C18H20N2O2S. The Morgan fingerprint density at radius 1 is 1.26 bits per heavy atom. The highest BCUT2D eigenvalue weighted by Crippen LogP contribution is 2.39. The van der Waals surface area contributed by atoms with E-state index in [1.807, 2.05) is 36.2 Å². The number of nitrogens with zero attached hydrogens (tertiary/aromatic N) is 1. The van der Waals surface area contributed by atoms with Crippen LogP contribution in [0.5, 0.6) is 0 Å². The van der Waals surface area contributed by atoms with Gasteiger partial charge in [-0.05, 0) is 42.2 Å². The minimum absolute atomic E-state index is 0.106. The summed E-state index contributed by atoms with van der Waals surface area (Å²) in [6.07, 6.45) is 2.56. The van der Waals surface area contributed by atoms with Crippen molar-refractivity contribution in [1.29, 1.82) is 0 Å². The maximum atomic E-state index is 12.8. The van der Waals surface area contributed by atoms with Crippen molar-refractivity contribution < 1.29 is 9.59 Å². The average molecular weight is 328 g/mol. The van der Waals surface area contributed by atoms with Crippen molar-refractivity contribution in [3.63, 3.8) is 0 Å². The first-order valence-corrected chi connectivity index (χ1v) is 8.96. The lowest BCUT2D eigenvalue weighted by molar-refractivity contribution is -0.124. The number of amides is 2. The van der Waals surface area contributed by atoms with Crippen molar-refractivity contribution in [3.05, 3.63) is 35.2 Å². The summed E-state index contributed by atoms with van der Waals surface area (Å²) in [6, 6.07) is 10.3. The van der Waals surface area contributed by atoms with E-state index in [0.29, 0.717) is 18.3 Å². The predicted octanol–water partition coefficient (Wildman–Crippen LogP) is 2.89. The molecule has 1 aliphatic heterocycles. The first-order valence-electron chi connectivity index (χ1n) is 8.14. The van der Waals surface area contributed by atoms with Gasteiger partial charge in [0.25, 0.3) is 5.91 Å². The highest BCUT2D eigenvalue weighted by atomic mass is 32.1. The zero-order valence-corrected chi connectivity index (χ0v) is 13.9. The summed E-state index contributed by atoms with van der Waals surface area (Å²) >= 11 is 1.56. The number of piperidine rings is 1. The van der Waals surface area contributed by atoms with Gasteiger partial charge in [-0.1, -0.05) is 18.2 Å². The van der Waals surface area contributed by atoms with Crippen molar-refractivity contribution in [2.45, 2.75) is 25.3 Å². The van der Waals surface area contributed by atoms with Gasteiger partial charge < -0.3 is 10.2 Å². The third-order valence-corrected chi connectivity index (χ3v) is 6.43. The second-order valence-corrected chi connectivity index (χ2v) is 7.80. The molecule has 0 unspecified atom stereocenters. The predicted molar refractivity (Wildman–Crippen MR) is 91.5 cm³/mol. The fourth-order valence-electron chi connectivity index (χ4n) is 3.98. The highest BCUT2D eigenvalue weighted by molar-refractivity contribution is 7.20. The van der Waals surface area contributed by atoms with E-state index < -0.39 is 0 Å². The summed E-state index contributed by atoms with van der Waals surface area (Å²) < 4.78 is 1.15. The smallest absolute Gasteiger partial charge is 0.263 e. The molecule has 5 heteroatoms. The van der Waals surface area contributed by atoms with E-state index in [0.717, 1.165) is 34.3 Å². The Kier molecular flexibility index (Phi) is 3.60. The Morgan fingerprint density at radius 3 is 2.87 bits per heavy atom. The molecule has 2 fully saturated rings. The number of carbonyl (C=O) groups is 2. The van der Waals surface area contributed by atoms with Gasteiger partial charge in [-0.3, -0.25) is 9.59 Å². The number of benzene rings is 1. The monoisotopic (exact) mass is 328 g/mol. The lowest BCUT2D eigenvalue weighted by Crippen LogP contribution is -2.38. The van der Waals surface area contributed by atoms with Gasteiger partial charge in [0, 0.05) is 30.8 Å². The fraction of sp³-hybridized carbons (Fsp3) is 0.444. The van der Waals surface area contributed by atoms with E-state index in [4.69, 9.17) is 0 Å². The van der Waals surface area contributed by atoms with Crippen molar-refractivity contribution >= 4 is 33.2 Å². The van der Waals surface area contributed by atoms with Gasteiger partial charge in [0.05, 0.1) is 4.88 Å². The maximum Gasteiger partial charge on any atom is 0.263 e. The van der Waals surface area contributed by atoms with Crippen molar-refractivity contribution in [3.8, 4) is 0 Å². The van der Waals surface area contributed by atoms with E-state index in [-0.39, 0.29) is 17.9 Å². The van der Waals surface area contributed by atoms with Gasteiger partial charge in [0.1, 0.15) is 0 Å². The zero-order chi connectivity index (χ0) is 16.0. The third-order valence-electron chi connectivity index (χ3n) is 5.33. The standard InChI is InChI=1S/C18H20N2O2S/c1-20(14-6-12-9-17(21)19-10-13(12)7-14)18(22)16-8-11-4-2-3-5-15(11)23-16/h2-5,8,12-14H,6-7,9-10H2,1H3,(H,19,21)/t12-,13+,14-/m1/s1. The number of thiophene rings is 1. The maximum absolute atomic E-state index is 12.8. The van der Waals surface area contributed by atoms with E-state index in [9.17, 15) is 9.59 Å². The molecule has 0 spiro atoms. The van der Waals surface area contributed by atoms with Gasteiger partial charge in [-0.25, -0.2) is 0 Å². The van der Waals surface area contributed by atoms with Crippen LogP contribution in [0.1, 0.15) is 28.9 Å². The van der Waals surface area contributed by atoms with Crippen LogP contribution in [0.15, 0.2) is 30.3 Å². The van der Waals surface area contributed by atoms with E-state index >= 15 is 0 Å². The Balaban J connectivity index is 1.51. The first-order chi connectivity index (χ1) is 11.1. The van der Waals surface area contributed by atoms with Gasteiger partial charge in [0.15, 0.2) is 0 Å². The summed E-state index contributed by atoms with van der Waals surface area (Å²) in [6.45, 7) is 0.769. The topological polar surface area (TPSA) is 49.4 Å². The van der Waals surface area contributed by atoms with Gasteiger partial charge in [-0.15, -0.1) is 11.3 Å². The third kappa shape index (κ3) is 2.63. The Hall–Kier alpha value is -1.88. The summed E-state index contributed by atoms with van der Waals surface area (Å²) in [5.41, 5.74) is 0. The molecule has 2 amide bonds. The molecular weight excluding hydrogens is 308 g/mol. The van der Waals surface area contributed by atoms with Gasteiger partial charge >= 0.3 is 0 Å². The molecule has 4 rings (SSSR count). The molecule has 1 aromatic heterocycles. The molecule has 1 saturated carbocycles. The number of hydrogen-bond acceptors (Lipinski definition) is 3. The number of nitrogens with one attached hydrogen (secondary N) is 1. The van der Waals surface area contributed by atoms with Crippen LogP contribution in [-0.2, 0) is 4.79 Å². The van der Waals surface area contributed by atoms with E-state index in [2.05, 4.69) is 11.4 Å². The van der Waals surface area contributed by atoms with Crippen LogP contribution in [-0.4, -0.2) is 36.3 Å². The molecule has 120 valence electrons. The number of fused-ring (bicyclic) bond motifs is 2. The molecule has 0 bridgehead atoms. The minimum Gasteiger partial charge on any atom is -0.356 e. The number of rotatable bonds is 2. The molecule has 0 radical (unpaired) electrons. The quantitative estimate of drug-likeness (QED) is 0.921. The summed E-state index contributed by atoms with van der Waals surface area (Å²) in [5.74, 6) is 1.22. The van der Waals surface area contributed by atoms with Crippen LogP contribution >= 0.6 is 11.3 Å². The Labute approximate surface area is 139 Å². The lowest BCUT2D eigenvalue weighted by Gasteiger charge is -2.24.